The van der Waals surface area contributed by atoms with Gasteiger partial charge in [0.25, 0.3) is 0 Å². The SMILES string of the molecule is CC(N)c1ccc(N2CCC(C)C2CO)c(Br)c1. The van der Waals surface area contributed by atoms with Gasteiger partial charge in [-0.3, -0.25) is 0 Å². The standard InChI is InChI=1S/C14H21BrN2O/c1-9-5-6-17(14(9)8-18)13-4-3-11(10(2)16)7-12(13)15/h3-4,7,9-10,14,18H,5-6,8,16H2,1-2H3. The van der Waals surface area contributed by atoms with Crippen LogP contribution in [0.4, 0.5) is 5.69 Å². The first-order chi connectivity index (χ1) is 8.54. The molecule has 0 aliphatic carbocycles. The van der Waals surface area contributed by atoms with Crippen molar-refractivity contribution < 1.29 is 5.11 Å². The highest BCUT2D eigenvalue weighted by atomic mass is 79.9. The van der Waals surface area contributed by atoms with Crippen LogP contribution in [0.2, 0.25) is 0 Å². The Balaban J connectivity index is 2.28. The summed E-state index contributed by atoms with van der Waals surface area (Å²) in [6.07, 6.45) is 1.13. The largest absolute Gasteiger partial charge is 0.394 e. The van der Waals surface area contributed by atoms with Crippen LogP contribution in [-0.2, 0) is 0 Å². The van der Waals surface area contributed by atoms with Gasteiger partial charge in [-0.05, 0) is 52.9 Å². The zero-order chi connectivity index (χ0) is 13.3. The predicted octanol–water partition coefficient (Wildman–Crippen LogP) is 2.68. The third-order valence-electron chi connectivity index (χ3n) is 3.88. The summed E-state index contributed by atoms with van der Waals surface area (Å²) in [6.45, 7) is 5.40. The van der Waals surface area contributed by atoms with Crippen LogP contribution in [0.15, 0.2) is 22.7 Å². The summed E-state index contributed by atoms with van der Waals surface area (Å²) >= 11 is 3.62. The molecule has 3 unspecified atom stereocenters. The first kappa shape index (κ1) is 13.8. The maximum absolute atomic E-state index is 9.52. The first-order valence-electron chi connectivity index (χ1n) is 6.47. The Morgan fingerprint density at radius 3 is 2.83 bits per heavy atom. The number of halogens is 1. The van der Waals surface area contributed by atoms with Crippen molar-refractivity contribution in [2.24, 2.45) is 11.7 Å². The Morgan fingerprint density at radius 2 is 2.28 bits per heavy atom. The Labute approximate surface area is 117 Å². The van der Waals surface area contributed by atoms with Crippen molar-refractivity contribution in [3.8, 4) is 0 Å². The molecule has 3 atom stereocenters. The topological polar surface area (TPSA) is 49.5 Å². The van der Waals surface area contributed by atoms with Gasteiger partial charge in [-0.2, -0.15) is 0 Å². The summed E-state index contributed by atoms with van der Waals surface area (Å²) in [5, 5.41) is 9.52. The van der Waals surface area contributed by atoms with Crippen molar-refractivity contribution in [2.45, 2.75) is 32.4 Å². The van der Waals surface area contributed by atoms with Crippen LogP contribution in [0.3, 0.4) is 0 Å². The number of rotatable bonds is 3. The normalized spacial score (nSPS) is 25.5. The fourth-order valence-electron chi connectivity index (χ4n) is 2.63. The molecule has 0 saturated carbocycles. The summed E-state index contributed by atoms with van der Waals surface area (Å²) in [5.41, 5.74) is 8.17. The summed E-state index contributed by atoms with van der Waals surface area (Å²) < 4.78 is 1.06. The molecule has 3 nitrogen and oxygen atoms in total. The minimum absolute atomic E-state index is 0.0430. The molecule has 1 aromatic carbocycles. The van der Waals surface area contributed by atoms with E-state index in [9.17, 15) is 5.11 Å². The van der Waals surface area contributed by atoms with Crippen LogP contribution in [-0.4, -0.2) is 24.3 Å². The van der Waals surface area contributed by atoms with Crippen molar-refractivity contribution in [3.63, 3.8) is 0 Å². The maximum atomic E-state index is 9.52. The molecule has 4 heteroatoms. The fraction of sp³-hybridized carbons (Fsp3) is 0.571. The molecule has 0 radical (unpaired) electrons. The lowest BCUT2D eigenvalue weighted by molar-refractivity contribution is 0.244. The van der Waals surface area contributed by atoms with E-state index >= 15 is 0 Å². The van der Waals surface area contributed by atoms with E-state index in [1.54, 1.807) is 0 Å². The lowest BCUT2D eigenvalue weighted by Crippen LogP contribution is -2.35. The molecule has 0 aromatic heterocycles. The van der Waals surface area contributed by atoms with Crippen molar-refractivity contribution in [1.29, 1.82) is 0 Å². The van der Waals surface area contributed by atoms with E-state index in [0.717, 1.165) is 28.7 Å². The Morgan fingerprint density at radius 1 is 1.56 bits per heavy atom. The van der Waals surface area contributed by atoms with Gasteiger partial charge in [-0.1, -0.05) is 13.0 Å². The number of aliphatic hydroxyl groups excluding tert-OH is 1. The van der Waals surface area contributed by atoms with Gasteiger partial charge in [-0.15, -0.1) is 0 Å². The number of nitrogens with two attached hydrogens (primary N) is 1. The molecule has 3 N–H and O–H groups in total. The monoisotopic (exact) mass is 312 g/mol. The van der Waals surface area contributed by atoms with Crippen LogP contribution < -0.4 is 10.6 Å². The van der Waals surface area contributed by atoms with Gasteiger partial charge in [0.15, 0.2) is 0 Å². The number of benzene rings is 1. The Kier molecular flexibility index (Phi) is 4.30. The molecular formula is C14H21BrN2O. The Hall–Kier alpha value is -0.580. The Bertz CT molecular complexity index is 422. The summed E-state index contributed by atoms with van der Waals surface area (Å²) in [6, 6.07) is 6.52. The van der Waals surface area contributed by atoms with Crippen LogP contribution in [0.5, 0.6) is 0 Å². The molecule has 18 heavy (non-hydrogen) atoms. The lowest BCUT2D eigenvalue weighted by atomic mass is 10.0. The molecular weight excluding hydrogens is 292 g/mol. The van der Waals surface area contributed by atoms with Gasteiger partial charge in [0.1, 0.15) is 0 Å². The molecule has 1 aliphatic heterocycles. The molecule has 100 valence electrons. The highest BCUT2D eigenvalue weighted by Gasteiger charge is 2.31. The zero-order valence-corrected chi connectivity index (χ0v) is 12.5. The van der Waals surface area contributed by atoms with Gasteiger partial charge < -0.3 is 15.7 Å². The first-order valence-corrected chi connectivity index (χ1v) is 7.26. The average molecular weight is 313 g/mol. The highest BCUT2D eigenvalue weighted by molar-refractivity contribution is 9.10. The van der Waals surface area contributed by atoms with Gasteiger partial charge in [0.05, 0.1) is 18.3 Å². The molecule has 0 amide bonds. The third kappa shape index (κ3) is 2.56. The molecule has 1 aromatic rings. The van der Waals surface area contributed by atoms with Gasteiger partial charge in [0, 0.05) is 17.1 Å². The van der Waals surface area contributed by atoms with Gasteiger partial charge in [0.2, 0.25) is 0 Å². The second-order valence-corrected chi connectivity index (χ2v) is 6.06. The highest BCUT2D eigenvalue weighted by Crippen LogP contribution is 2.35. The number of aliphatic hydroxyl groups is 1. The van der Waals surface area contributed by atoms with Gasteiger partial charge >= 0.3 is 0 Å². The van der Waals surface area contributed by atoms with Crippen molar-refractivity contribution >= 4 is 21.6 Å². The van der Waals surface area contributed by atoms with E-state index in [-0.39, 0.29) is 18.7 Å². The number of nitrogens with zero attached hydrogens (tertiary/aromatic N) is 1. The molecule has 1 saturated heterocycles. The lowest BCUT2D eigenvalue weighted by Gasteiger charge is -2.28. The average Bonchev–Trinajstić information content (AvgIpc) is 2.70. The van der Waals surface area contributed by atoms with Crippen LogP contribution in [0.1, 0.15) is 31.9 Å². The minimum atomic E-state index is 0.0430. The number of anilines is 1. The quantitative estimate of drug-likeness (QED) is 0.902. The van der Waals surface area contributed by atoms with Crippen LogP contribution in [0, 0.1) is 5.92 Å². The van der Waals surface area contributed by atoms with E-state index in [4.69, 9.17) is 5.73 Å². The van der Waals surface area contributed by atoms with Gasteiger partial charge in [-0.25, -0.2) is 0 Å². The second-order valence-electron chi connectivity index (χ2n) is 5.21. The third-order valence-corrected chi connectivity index (χ3v) is 4.51. The number of hydrogen-bond donors (Lipinski definition) is 2. The molecule has 2 rings (SSSR count). The smallest absolute Gasteiger partial charge is 0.0637 e. The molecule has 0 spiro atoms. The second kappa shape index (κ2) is 5.59. The summed E-state index contributed by atoms with van der Waals surface area (Å²) in [4.78, 5) is 2.29. The summed E-state index contributed by atoms with van der Waals surface area (Å²) in [7, 11) is 0. The van der Waals surface area contributed by atoms with E-state index in [2.05, 4.69) is 46.0 Å². The fourth-order valence-corrected chi connectivity index (χ4v) is 3.25. The van der Waals surface area contributed by atoms with Crippen molar-refractivity contribution in [1.82, 2.24) is 0 Å². The minimum Gasteiger partial charge on any atom is -0.394 e. The molecule has 1 fully saturated rings. The molecule has 1 aliphatic rings. The maximum Gasteiger partial charge on any atom is 0.0637 e. The van der Waals surface area contributed by atoms with Crippen molar-refractivity contribution in [3.05, 3.63) is 28.2 Å². The van der Waals surface area contributed by atoms with Crippen LogP contribution in [0.25, 0.3) is 0 Å². The van der Waals surface area contributed by atoms with Crippen molar-refractivity contribution in [2.75, 3.05) is 18.1 Å². The number of hydrogen-bond acceptors (Lipinski definition) is 3. The summed E-state index contributed by atoms with van der Waals surface area (Å²) in [5.74, 6) is 0.537. The van der Waals surface area contributed by atoms with E-state index in [0.29, 0.717) is 5.92 Å². The van der Waals surface area contributed by atoms with E-state index < -0.39 is 0 Å². The predicted molar refractivity (Wildman–Crippen MR) is 78.7 cm³/mol. The zero-order valence-electron chi connectivity index (χ0n) is 10.9. The molecule has 1 heterocycles. The van der Waals surface area contributed by atoms with Crippen LogP contribution >= 0.6 is 15.9 Å². The molecule has 0 bridgehead atoms. The van der Waals surface area contributed by atoms with E-state index in [1.807, 2.05) is 6.92 Å². The van der Waals surface area contributed by atoms with E-state index in [1.165, 1.54) is 0 Å².